The Balaban J connectivity index is 2.14. The molecular weight excluding hydrogens is 288 g/mol. The highest BCUT2D eigenvalue weighted by atomic mass is 16.3. The maximum Gasteiger partial charge on any atom is 0.163 e. The van der Waals surface area contributed by atoms with Crippen molar-refractivity contribution in [1.29, 1.82) is 0 Å². The number of carbonyl (C=O) groups is 1. The lowest BCUT2D eigenvalue weighted by Gasteiger charge is -2.56. The lowest BCUT2D eigenvalue weighted by molar-refractivity contribution is -0.106. The first-order valence-electron chi connectivity index (χ1n) is 8.70. The van der Waals surface area contributed by atoms with Crippen LogP contribution in [0.1, 0.15) is 74.4 Å². The van der Waals surface area contributed by atoms with Gasteiger partial charge in [-0.05, 0) is 47.3 Å². The second-order valence-corrected chi connectivity index (χ2v) is 8.28. The van der Waals surface area contributed by atoms with Crippen molar-refractivity contribution in [2.45, 2.75) is 64.4 Å². The zero-order valence-electron chi connectivity index (χ0n) is 14.6. The van der Waals surface area contributed by atoms with Gasteiger partial charge in [0.2, 0.25) is 0 Å². The summed E-state index contributed by atoms with van der Waals surface area (Å²) in [7, 11) is 0. The molecule has 0 heterocycles. The van der Waals surface area contributed by atoms with Crippen molar-refractivity contribution < 1.29 is 15.0 Å². The molecule has 3 heteroatoms. The van der Waals surface area contributed by atoms with Crippen LogP contribution in [0.5, 0.6) is 0 Å². The van der Waals surface area contributed by atoms with E-state index in [0.29, 0.717) is 18.8 Å². The molecule has 2 N–H and O–H groups in total. The van der Waals surface area contributed by atoms with E-state index in [2.05, 4.69) is 39.0 Å². The van der Waals surface area contributed by atoms with Gasteiger partial charge >= 0.3 is 0 Å². The zero-order valence-corrected chi connectivity index (χ0v) is 14.6. The highest BCUT2D eigenvalue weighted by Crippen LogP contribution is 2.57. The van der Waals surface area contributed by atoms with Crippen LogP contribution in [0.4, 0.5) is 0 Å². The third-order valence-electron chi connectivity index (χ3n) is 6.62. The number of rotatable bonds is 2. The number of ketones is 1. The first-order chi connectivity index (χ1) is 10.7. The molecule has 3 nitrogen and oxygen atoms in total. The van der Waals surface area contributed by atoms with E-state index in [0.717, 1.165) is 17.5 Å². The van der Waals surface area contributed by atoms with E-state index in [1.54, 1.807) is 0 Å². The quantitative estimate of drug-likeness (QED) is 0.879. The van der Waals surface area contributed by atoms with Crippen molar-refractivity contribution >= 4 is 5.78 Å². The highest BCUT2D eigenvalue weighted by molar-refractivity contribution is 5.99. The van der Waals surface area contributed by atoms with Crippen molar-refractivity contribution in [3.8, 4) is 0 Å². The summed E-state index contributed by atoms with van der Waals surface area (Å²) < 4.78 is 0. The molecule has 0 amide bonds. The van der Waals surface area contributed by atoms with Gasteiger partial charge in [0.05, 0.1) is 12.7 Å². The number of hydrogen-bond acceptors (Lipinski definition) is 3. The van der Waals surface area contributed by atoms with Crippen molar-refractivity contribution in [2.24, 2.45) is 11.3 Å². The van der Waals surface area contributed by atoms with Crippen LogP contribution in [0.25, 0.3) is 0 Å². The monoisotopic (exact) mass is 316 g/mol. The van der Waals surface area contributed by atoms with E-state index < -0.39 is 11.5 Å². The van der Waals surface area contributed by atoms with Gasteiger partial charge in [0.15, 0.2) is 5.78 Å². The van der Waals surface area contributed by atoms with Gasteiger partial charge < -0.3 is 10.2 Å². The summed E-state index contributed by atoms with van der Waals surface area (Å²) in [6.45, 7) is 8.33. The third kappa shape index (κ3) is 2.28. The van der Waals surface area contributed by atoms with Gasteiger partial charge in [-0.1, -0.05) is 39.8 Å². The molecule has 1 aromatic rings. The molecule has 1 fully saturated rings. The summed E-state index contributed by atoms with van der Waals surface area (Å²) in [5.41, 5.74) is 2.38. The first-order valence-corrected chi connectivity index (χ1v) is 8.70. The van der Waals surface area contributed by atoms with Crippen LogP contribution in [0.2, 0.25) is 0 Å². The number of fused-ring (bicyclic) bond motifs is 3. The normalized spacial score (nSPS) is 36.7. The number of carbonyl (C=O) groups excluding carboxylic acids is 1. The molecule has 2 aliphatic carbocycles. The van der Waals surface area contributed by atoms with Gasteiger partial charge in [0, 0.05) is 17.4 Å². The van der Waals surface area contributed by atoms with Crippen molar-refractivity contribution in [1.82, 2.24) is 0 Å². The third-order valence-corrected chi connectivity index (χ3v) is 6.62. The van der Waals surface area contributed by atoms with Gasteiger partial charge in [0.1, 0.15) is 0 Å². The Bertz CT molecular complexity index is 636. The fourth-order valence-electron chi connectivity index (χ4n) is 4.84. The Labute approximate surface area is 138 Å². The van der Waals surface area contributed by atoms with Gasteiger partial charge in [-0.25, -0.2) is 0 Å². The number of aliphatic hydroxyl groups excluding tert-OH is 2. The molecule has 1 aromatic carbocycles. The van der Waals surface area contributed by atoms with Crippen LogP contribution in [-0.4, -0.2) is 28.7 Å². The molecule has 23 heavy (non-hydrogen) atoms. The Morgan fingerprint density at radius 1 is 1.30 bits per heavy atom. The lowest BCUT2D eigenvalue weighted by Crippen LogP contribution is -2.57. The number of Topliss-reactive ketones (excluding diaryl/α,β-unsaturated/α-hetero) is 1. The van der Waals surface area contributed by atoms with Gasteiger partial charge in [-0.2, -0.15) is 0 Å². The molecule has 0 bridgehead atoms. The lowest BCUT2D eigenvalue weighted by atomic mass is 9.49. The summed E-state index contributed by atoms with van der Waals surface area (Å²) in [5.74, 6) is 0.530. The van der Waals surface area contributed by atoms with Gasteiger partial charge in [0.25, 0.3) is 0 Å². The van der Waals surface area contributed by atoms with Crippen molar-refractivity contribution in [2.75, 3.05) is 6.61 Å². The largest absolute Gasteiger partial charge is 0.396 e. The maximum atomic E-state index is 12.8. The van der Waals surface area contributed by atoms with Crippen LogP contribution in [0, 0.1) is 11.3 Å². The predicted molar refractivity (Wildman–Crippen MR) is 90.8 cm³/mol. The van der Waals surface area contributed by atoms with E-state index in [4.69, 9.17) is 0 Å². The van der Waals surface area contributed by atoms with Crippen LogP contribution < -0.4 is 0 Å². The van der Waals surface area contributed by atoms with E-state index in [1.165, 1.54) is 5.56 Å². The Kier molecular flexibility index (Phi) is 3.93. The molecule has 0 spiro atoms. The maximum absolute atomic E-state index is 12.8. The molecule has 0 radical (unpaired) electrons. The second-order valence-electron chi connectivity index (χ2n) is 8.28. The molecule has 0 aromatic heterocycles. The molecule has 3 rings (SSSR count). The van der Waals surface area contributed by atoms with Gasteiger partial charge in [-0.3, -0.25) is 4.79 Å². The number of hydrogen-bond donors (Lipinski definition) is 2. The van der Waals surface area contributed by atoms with E-state index in [9.17, 15) is 15.0 Å². The molecule has 1 saturated carbocycles. The predicted octanol–water partition coefficient (Wildman–Crippen LogP) is 3.42. The zero-order chi connectivity index (χ0) is 17.0. The van der Waals surface area contributed by atoms with Crippen molar-refractivity contribution in [3.63, 3.8) is 0 Å². The van der Waals surface area contributed by atoms with Crippen LogP contribution in [0.15, 0.2) is 18.2 Å². The van der Waals surface area contributed by atoms with Gasteiger partial charge in [-0.15, -0.1) is 0 Å². The van der Waals surface area contributed by atoms with E-state index >= 15 is 0 Å². The minimum absolute atomic E-state index is 0.0198. The average molecular weight is 316 g/mol. The molecule has 0 aliphatic heterocycles. The summed E-state index contributed by atoms with van der Waals surface area (Å²) in [5, 5.41) is 20.4. The fourth-order valence-corrected chi connectivity index (χ4v) is 4.84. The Morgan fingerprint density at radius 2 is 2.00 bits per heavy atom. The Hall–Kier alpha value is -1.19. The van der Waals surface area contributed by atoms with Crippen LogP contribution in [0.3, 0.4) is 0 Å². The smallest absolute Gasteiger partial charge is 0.163 e. The standard InChI is InChI=1S/C20H28O3/c1-12(2)13-5-6-15-14(9-13)16(22)10-17-19(15,3)8-7-18(23)20(17,4)11-21/h5-6,9,12,17-18,21,23H,7-8,10-11H2,1-4H3/t17-,18+,19-,20-/m1/s1. The molecular formula is C20H28O3. The SMILES string of the molecule is CC(C)c1ccc2c(c1)C(=O)C[C@H]1[C@@](C)(CO)[C@@H](O)CC[C@]21C. The molecule has 126 valence electrons. The molecule has 2 aliphatic rings. The summed E-state index contributed by atoms with van der Waals surface area (Å²) in [6.07, 6.45) is 1.40. The Morgan fingerprint density at radius 3 is 2.61 bits per heavy atom. The van der Waals surface area contributed by atoms with E-state index in [-0.39, 0.29) is 23.7 Å². The first kappa shape index (κ1) is 16.7. The topological polar surface area (TPSA) is 57.5 Å². The minimum atomic E-state index is -0.614. The van der Waals surface area contributed by atoms with E-state index in [1.807, 2.05) is 6.92 Å². The minimum Gasteiger partial charge on any atom is -0.396 e. The number of benzene rings is 1. The highest BCUT2D eigenvalue weighted by Gasteiger charge is 2.56. The molecule has 4 atom stereocenters. The molecule has 0 unspecified atom stereocenters. The summed E-state index contributed by atoms with van der Waals surface area (Å²) in [4.78, 5) is 12.8. The summed E-state index contributed by atoms with van der Waals surface area (Å²) >= 11 is 0. The fraction of sp³-hybridized carbons (Fsp3) is 0.650. The molecule has 0 saturated heterocycles. The summed E-state index contributed by atoms with van der Waals surface area (Å²) in [6, 6.07) is 6.31. The van der Waals surface area contributed by atoms with Crippen LogP contribution in [-0.2, 0) is 5.41 Å². The second kappa shape index (κ2) is 5.42. The average Bonchev–Trinajstić information content (AvgIpc) is 2.53. The number of aliphatic hydroxyl groups is 2. The van der Waals surface area contributed by atoms with Crippen molar-refractivity contribution in [3.05, 3.63) is 34.9 Å². The van der Waals surface area contributed by atoms with Crippen LogP contribution >= 0.6 is 0 Å².